The van der Waals surface area contributed by atoms with Gasteiger partial charge in [-0.1, -0.05) is 30.3 Å². The molecule has 1 saturated heterocycles. The number of likely N-dealkylation sites (tertiary alicyclic amines) is 1. The minimum absolute atomic E-state index is 0.0989. The summed E-state index contributed by atoms with van der Waals surface area (Å²) in [6, 6.07) is 7.64. The average Bonchev–Trinajstić information content (AvgIpc) is 3.30. The number of nitrogens with two attached hydrogens (primary N) is 1. The van der Waals surface area contributed by atoms with Gasteiger partial charge in [-0.2, -0.15) is 0 Å². The van der Waals surface area contributed by atoms with E-state index < -0.39 is 61.3 Å². The van der Waals surface area contributed by atoms with Crippen LogP contribution in [0.25, 0.3) is 10.9 Å². The molecule has 4 rings (SSSR count). The van der Waals surface area contributed by atoms with E-state index >= 15 is 0 Å². The summed E-state index contributed by atoms with van der Waals surface area (Å²) >= 11 is 0. The number of para-hydroxylation sites is 1. The molecule has 0 saturated carbocycles. The lowest BCUT2D eigenvalue weighted by Gasteiger charge is -2.23. The normalized spacial score (nSPS) is 17.2. The van der Waals surface area contributed by atoms with Crippen molar-refractivity contribution in [3.05, 3.63) is 60.3 Å². The number of fused-ring (bicyclic) bond motifs is 1. The number of nitrogens with zero attached hydrogens (tertiary/aromatic N) is 2. The Bertz CT molecular complexity index is 1340. The van der Waals surface area contributed by atoms with Gasteiger partial charge in [0.15, 0.2) is 5.78 Å². The number of carbonyl (C=O) groups excluding carboxylic acids is 3. The molecule has 1 aliphatic heterocycles. The fourth-order valence-corrected chi connectivity index (χ4v) is 4.14. The third kappa shape index (κ3) is 5.39. The third-order valence-corrected chi connectivity index (χ3v) is 5.60. The molecule has 0 unspecified atom stereocenters. The van der Waals surface area contributed by atoms with Gasteiger partial charge in [-0.05, 0) is 23.8 Å². The van der Waals surface area contributed by atoms with Crippen LogP contribution in [0.5, 0.6) is 5.75 Å². The first-order chi connectivity index (χ1) is 16.8. The Hall–Kier alpha value is -4.16. The number of halogens is 5. The molecule has 36 heavy (non-hydrogen) atoms. The van der Waals surface area contributed by atoms with Crippen molar-refractivity contribution in [2.45, 2.75) is 31.2 Å². The van der Waals surface area contributed by atoms with Crippen LogP contribution < -0.4 is 15.8 Å². The molecule has 0 radical (unpaired) electrons. The van der Waals surface area contributed by atoms with Crippen LogP contribution in [0.3, 0.4) is 0 Å². The highest BCUT2D eigenvalue weighted by Gasteiger charge is 2.49. The molecule has 3 aromatic rings. The highest BCUT2D eigenvalue weighted by atomic mass is 19.4. The van der Waals surface area contributed by atoms with E-state index in [0.29, 0.717) is 15.8 Å². The lowest BCUT2D eigenvalue weighted by atomic mass is 10.0. The van der Waals surface area contributed by atoms with E-state index in [9.17, 15) is 36.3 Å². The molecule has 3 N–H and O–H groups in total. The number of hydrogen-bond acceptors (Lipinski definition) is 4. The summed E-state index contributed by atoms with van der Waals surface area (Å²) in [7, 11) is 0. The second-order valence-corrected chi connectivity index (χ2v) is 8.24. The fraction of sp³-hybridized carbons (Fsp3) is 0.261. The predicted octanol–water partition coefficient (Wildman–Crippen LogP) is 4.52. The SMILES string of the molecule is NC(=O)n1cc(NC(=O)N2CC(F)(F)C[C@H]2C(=O)Cc2cccc(OC(F)(F)F)c2)c2ccccc21. The summed E-state index contributed by atoms with van der Waals surface area (Å²) in [6.45, 7) is -1.04. The monoisotopic (exact) mass is 510 g/mol. The van der Waals surface area contributed by atoms with E-state index in [1.807, 2.05) is 0 Å². The standard InChI is InChI=1S/C23H19F5N4O4/c24-22(25)10-18(19(33)9-13-4-3-5-14(8-13)36-23(26,27)28)32(12-22)21(35)30-16-11-31(20(29)34)17-7-2-1-6-15(16)17/h1-8,11,18H,9-10,12H2,(H2,29,34)(H,30,35)/t18-/m0/s1. The average molecular weight is 510 g/mol. The smallest absolute Gasteiger partial charge is 0.406 e. The lowest BCUT2D eigenvalue weighted by molar-refractivity contribution is -0.274. The predicted molar refractivity (Wildman–Crippen MR) is 118 cm³/mol. The van der Waals surface area contributed by atoms with Crippen LogP contribution >= 0.6 is 0 Å². The van der Waals surface area contributed by atoms with E-state index in [0.717, 1.165) is 16.7 Å². The molecule has 1 aliphatic rings. The van der Waals surface area contributed by atoms with Crippen LogP contribution in [-0.4, -0.2) is 52.2 Å². The lowest BCUT2D eigenvalue weighted by Crippen LogP contribution is -2.43. The molecule has 2 aromatic carbocycles. The van der Waals surface area contributed by atoms with Gasteiger partial charge in [0.1, 0.15) is 5.75 Å². The summed E-state index contributed by atoms with van der Waals surface area (Å²) in [6.07, 6.45) is -5.15. The van der Waals surface area contributed by atoms with E-state index in [1.54, 1.807) is 24.3 Å². The van der Waals surface area contributed by atoms with E-state index in [2.05, 4.69) is 10.1 Å². The van der Waals surface area contributed by atoms with Crippen molar-refractivity contribution in [1.82, 2.24) is 9.47 Å². The number of alkyl halides is 5. The minimum Gasteiger partial charge on any atom is -0.406 e. The van der Waals surface area contributed by atoms with Gasteiger partial charge in [0.25, 0.3) is 5.92 Å². The second kappa shape index (κ2) is 9.13. The van der Waals surface area contributed by atoms with Gasteiger partial charge in [-0.3, -0.25) is 9.36 Å². The molecular formula is C23H19F5N4O4. The first kappa shape index (κ1) is 24.9. The Morgan fingerprint density at radius 2 is 1.83 bits per heavy atom. The molecule has 190 valence electrons. The quantitative estimate of drug-likeness (QED) is 0.493. The van der Waals surface area contributed by atoms with Gasteiger partial charge in [0, 0.05) is 24.4 Å². The van der Waals surface area contributed by atoms with Gasteiger partial charge in [-0.25, -0.2) is 18.4 Å². The molecular weight excluding hydrogens is 491 g/mol. The number of ether oxygens (including phenoxy) is 1. The van der Waals surface area contributed by atoms with Crippen LogP contribution in [0.4, 0.5) is 37.2 Å². The second-order valence-electron chi connectivity index (χ2n) is 8.24. The Kier molecular flexibility index (Phi) is 6.33. The van der Waals surface area contributed by atoms with Crippen molar-refractivity contribution in [3.63, 3.8) is 0 Å². The highest BCUT2D eigenvalue weighted by Crippen LogP contribution is 2.34. The summed E-state index contributed by atoms with van der Waals surface area (Å²) in [5.74, 6) is -4.71. The summed E-state index contributed by atoms with van der Waals surface area (Å²) in [4.78, 5) is 38.2. The van der Waals surface area contributed by atoms with Gasteiger partial charge in [0.2, 0.25) is 0 Å². The third-order valence-electron chi connectivity index (χ3n) is 5.60. The maximum atomic E-state index is 14.3. The maximum Gasteiger partial charge on any atom is 0.573 e. The number of aromatic nitrogens is 1. The van der Waals surface area contributed by atoms with Crippen molar-refractivity contribution in [3.8, 4) is 5.75 Å². The zero-order valence-electron chi connectivity index (χ0n) is 18.4. The van der Waals surface area contributed by atoms with Crippen LogP contribution in [0.1, 0.15) is 12.0 Å². The number of nitrogens with one attached hydrogen (secondary N) is 1. The number of ketones is 1. The number of benzene rings is 2. The first-order valence-corrected chi connectivity index (χ1v) is 10.6. The molecule has 0 aliphatic carbocycles. The summed E-state index contributed by atoms with van der Waals surface area (Å²) in [5.41, 5.74) is 5.94. The van der Waals surface area contributed by atoms with Crippen LogP contribution in [0.2, 0.25) is 0 Å². The van der Waals surface area contributed by atoms with Crippen LogP contribution in [0.15, 0.2) is 54.7 Å². The largest absolute Gasteiger partial charge is 0.573 e. The Morgan fingerprint density at radius 1 is 1.11 bits per heavy atom. The molecule has 1 atom stereocenters. The first-order valence-electron chi connectivity index (χ1n) is 10.6. The molecule has 0 bridgehead atoms. The topological polar surface area (TPSA) is 107 Å². The van der Waals surface area contributed by atoms with Gasteiger partial charge in [0.05, 0.1) is 23.8 Å². The highest BCUT2D eigenvalue weighted by molar-refractivity contribution is 6.05. The van der Waals surface area contributed by atoms with E-state index in [1.165, 1.54) is 18.3 Å². The minimum atomic E-state index is -4.94. The zero-order chi connectivity index (χ0) is 26.3. The van der Waals surface area contributed by atoms with Crippen molar-refractivity contribution >= 4 is 34.4 Å². The number of Topliss-reactive ketones (excluding diaryl/α,β-unsaturated/α-hetero) is 1. The Labute approximate surface area is 200 Å². The summed E-state index contributed by atoms with van der Waals surface area (Å²) in [5, 5.41) is 2.87. The van der Waals surface area contributed by atoms with Gasteiger partial charge in [-0.15, -0.1) is 13.2 Å². The molecule has 3 amide bonds. The number of carbonyl (C=O) groups is 3. The molecule has 8 nitrogen and oxygen atoms in total. The number of amides is 3. The fourth-order valence-electron chi connectivity index (χ4n) is 4.14. The molecule has 1 fully saturated rings. The van der Waals surface area contributed by atoms with E-state index in [4.69, 9.17) is 5.73 Å². The molecule has 2 heterocycles. The van der Waals surface area contributed by atoms with Crippen molar-refractivity contribution < 1.29 is 41.1 Å². The number of hydrogen-bond donors (Lipinski definition) is 2. The molecule has 0 spiro atoms. The van der Waals surface area contributed by atoms with Gasteiger partial charge < -0.3 is 20.7 Å². The van der Waals surface area contributed by atoms with Crippen LogP contribution in [-0.2, 0) is 11.2 Å². The van der Waals surface area contributed by atoms with E-state index in [-0.39, 0.29) is 11.3 Å². The molecule has 13 heteroatoms. The van der Waals surface area contributed by atoms with Gasteiger partial charge >= 0.3 is 18.4 Å². The van der Waals surface area contributed by atoms with Crippen LogP contribution in [0, 0.1) is 0 Å². The zero-order valence-corrected chi connectivity index (χ0v) is 18.4. The maximum absolute atomic E-state index is 14.3. The number of anilines is 1. The summed E-state index contributed by atoms with van der Waals surface area (Å²) < 4.78 is 70.9. The Balaban J connectivity index is 1.54. The molecule has 1 aromatic heterocycles. The van der Waals surface area contributed by atoms with Crippen molar-refractivity contribution in [1.29, 1.82) is 0 Å². The number of primary amides is 1. The Morgan fingerprint density at radius 3 is 2.53 bits per heavy atom. The number of urea groups is 1. The van der Waals surface area contributed by atoms with Crippen molar-refractivity contribution in [2.24, 2.45) is 5.73 Å². The number of rotatable bonds is 5. The van der Waals surface area contributed by atoms with Crippen molar-refractivity contribution in [2.75, 3.05) is 11.9 Å².